The molecule has 0 unspecified atom stereocenters. The van der Waals surface area contributed by atoms with Crippen molar-refractivity contribution in [2.24, 2.45) is 4.99 Å². The zero-order chi connectivity index (χ0) is 14.4. The predicted octanol–water partition coefficient (Wildman–Crippen LogP) is 3.56. The van der Waals surface area contributed by atoms with E-state index in [4.69, 9.17) is 0 Å². The highest BCUT2D eigenvalue weighted by molar-refractivity contribution is 6.00. The zero-order valence-electron chi connectivity index (χ0n) is 12.0. The molecule has 0 spiro atoms. The molecule has 2 aliphatic carbocycles. The maximum atomic E-state index is 12.5. The molecule has 0 fully saturated rings. The topological polar surface area (TPSA) is 32.7 Å². The van der Waals surface area contributed by atoms with Gasteiger partial charge in [-0.1, -0.05) is 24.3 Å². The third-order valence-electron chi connectivity index (χ3n) is 4.34. The Morgan fingerprint density at radius 1 is 1.19 bits per heavy atom. The molecule has 0 amide bonds. The third-order valence-corrected chi connectivity index (χ3v) is 4.34. The van der Waals surface area contributed by atoms with Crippen LogP contribution in [-0.2, 0) is 4.79 Å². The Morgan fingerprint density at radius 2 is 2.10 bits per heavy atom. The van der Waals surface area contributed by atoms with E-state index in [1.54, 1.807) is 6.20 Å². The molecule has 0 radical (unpaired) electrons. The number of hydrogen-bond acceptors (Lipinski definition) is 3. The molecule has 104 valence electrons. The van der Waals surface area contributed by atoms with Gasteiger partial charge in [0.2, 0.25) is 0 Å². The van der Waals surface area contributed by atoms with Crippen molar-refractivity contribution < 1.29 is 4.79 Å². The Hall–Kier alpha value is -2.42. The SMILES string of the molecule is CC1=CCC(=O)C2=C1C=CC1=CCCC3=C1N2C=CN=C3. The van der Waals surface area contributed by atoms with Crippen LogP contribution >= 0.6 is 0 Å². The summed E-state index contributed by atoms with van der Waals surface area (Å²) in [6, 6.07) is 0. The van der Waals surface area contributed by atoms with Gasteiger partial charge in [0.25, 0.3) is 0 Å². The molecule has 3 heteroatoms. The van der Waals surface area contributed by atoms with E-state index in [1.165, 1.54) is 16.7 Å². The average molecular weight is 276 g/mol. The maximum absolute atomic E-state index is 12.5. The van der Waals surface area contributed by atoms with E-state index in [-0.39, 0.29) is 5.78 Å². The van der Waals surface area contributed by atoms with Gasteiger partial charge < -0.3 is 4.90 Å². The van der Waals surface area contributed by atoms with Gasteiger partial charge in [-0.05, 0) is 36.5 Å². The molecular formula is C18H16N2O. The number of ketones is 1. The van der Waals surface area contributed by atoms with Gasteiger partial charge in [0.15, 0.2) is 5.78 Å². The van der Waals surface area contributed by atoms with Crippen LogP contribution < -0.4 is 0 Å². The van der Waals surface area contributed by atoms with Crippen molar-refractivity contribution in [2.45, 2.75) is 26.2 Å². The van der Waals surface area contributed by atoms with Gasteiger partial charge in [-0.15, -0.1) is 0 Å². The van der Waals surface area contributed by atoms with Crippen molar-refractivity contribution in [1.29, 1.82) is 0 Å². The summed E-state index contributed by atoms with van der Waals surface area (Å²) < 4.78 is 0. The molecule has 0 aromatic heterocycles. The minimum atomic E-state index is 0.172. The summed E-state index contributed by atoms with van der Waals surface area (Å²) in [5.74, 6) is 0.172. The molecule has 2 heterocycles. The van der Waals surface area contributed by atoms with Gasteiger partial charge in [0.1, 0.15) is 0 Å². The van der Waals surface area contributed by atoms with Crippen LogP contribution in [0.25, 0.3) is 0 Å². The van der Waals surface area contributed by atoms with Crippen LogP contribution in [0.15, 0.2) is 75.4 Å². The maximum Gasteiger partial charge on any atom is 0.183 e. The molecule has 4 rings (SSSR count). The smallest absolute Gasteiger partial charge is 0.183 e. The van der Waals surface area contributed by atoms with Crippen molar-refractivity contribution in [2.75, 3.05) is 0 Å². The Balaban J connectivity index is 2.01. The first-order chi connectivity index (χ1) is 10.3. The van der Waals surface area contributed by atoms with E-state index in [2.05, 4.69) is 30.1 Å². The highest BCUT2D eigenvalue weighted by atomic mass is 16.1. The Labute approximate surface area is 124 Å². The minimum absolute atomic E-state index is 0.172. The first-order valence-corrected chi connectivity index (χ1v) is 7.31. The number of allylic oxidation sites excluding steroid dienone is 8. The number of fused-ring (bicyclic) bond motifs is 1. The van der Waals surface area contributed by atoms with Gasteiger partial charge >= 0.3 is 0 Å². The Morgan fingerprint density at radius 3 is 3.00 bits per heavy atom. The normalized spacial score (nSPS) is 23.5. The van der Waals surface area contributed by atoms with E-state index in [1.807, 2.05) is 23.4 Å². The van der Waals surface area contributed by atoms with Crippen molar-refractivity contribution in [1.82, 2.24) is 4.90 Å². The van der Waals surface area contributed by atoms with Crippen molar-refractivity contribution in [3.8, 4) is 0 Å². The van der Waals surface area contributed by atoms with Crippen LogP contribution in [0.2, 0.25) is 0 Å². The second-order valence-corrected chi connectivity index (χ2v) is 5.63. The fourth-order valence-corrected chi connectivity index (χ4v) is 3.29. The standard InChI is InChI=1S/C18H16N2O/c1-12-5-8-16(21)18-15(12)7-6-13-3-2-4-14-11-19-9-10-20(18)17(13)14/h3,5-7,9-11H,2,4,8H2,1H3. The van der Waals surface area contributed by atoms with Gasteiger partial charge in [-0.25, -0.2) is 0 Å². The predicted molar refractivity (Wildman–Crippen MR) is 83.4 cm³/mol. The highest BCUT2D eigenvalue weighted by Gasteiger charge is 2.31. The third kappa shape index (κ3) is 1.81. The lowest BCUT2D eigenvalue weighted by atomic mass is 9.94. The summed E-state index contributed by atoms with van der Waals surface area (Å²) in [5.41, 5.74) is 6.48. The molecule has 2 aliphatic heterocycles. The number of Topliss-reactive ketones (excluding diaryl/α,β-unsaturated/α-hetero) is 1. The summed E-state index contributed by atoms with van der Waals surface area (Å²) in [6.07, 6.45) is 16.6. The molecule has 21 heavy (non-hydrogen) atoms. The van der Waals surface area contributed by atoms with Crippen LogP contribution in [0.3, 0.4) is 0 Å². The van der Waals surface area contributed by atoms with Gasteiger partial charge in [-0.2, -0.15) is 0 Å². The quantitative estimate of drug-likeness (QED) is 0.677. The van der Waals surface area contributed by atoms with Crippen molar-refractivity contribution in [3.63, 3.8) is 0 Å². The number of rotatable bonds is 0. The first kappa shape index (κ1) is 12.3. The fraction of sp³-hybridized carbons (Fsp3) is 0.222. The first-order valence-electron chi connectivity index (χ1n) is 7.31. The molecular weight excluding hydrogens is 260 g/mol. The number of carbonyl (C=O) groups excluding carboxylic acids is 1. The molecule has 3 nitrogen and oxygen atoms in total. The van der Waals surface area contributed by atoms with Crippen LogP contribution in [0.4, 0.5) is 0 Å². The van der Waals surface area contributed by atoms with Crippen LogP contribution in [0, 0.1) is 0 Å². The summed E-state index contributed by atoms with van der Waals surface area (Å²) in [5, 5.41) is 0. The zero-order valence-corrected chi connectivity index (χ0v) is 12.0. The van der Waals surface area contributed by atoms with Gasteiger partial charge in [0, 0.05) is 30.6 Å². The lowest BCUT2D eigenvalue weighted by molar-refractivity contribution is -0.116. The number of nitrogens with zero attached hydrogens (tertiary/aromatic N) is 2. The van der Waals surface area contributed by atoms with Crippen LogP contribution in [0.5, 0.6) is 0 Å². The minimum Gasteiger partial charge on any atom is -0.311 e. The van der Waals surface area contributed by atoms with Gasteiger partial charge in [0.05, 0.1) is 11.4 Å². The van der Waals surface area contributed by atoms with E-state index in [0.717, 1.165) is 29.8 Å². The van der Waals surface area contributed by atoms with E-state index < -0.39 is 0 Å². The molecule has 0 saturated heterocycles. The van der Waals surface area contributed by atoms with Gasteiger partial charge in [-0.3, -0.25) is 9.79 Å². The molecule has 0 bridgehead atoms. The van der Waals surface area contributed by atoms with E-state index >= 15 is 0 Å². The van der Waals surface area contributed by atoms with E-state index in [9.17, 15) is 4.79 Å². The number of aliphatic imine (C=N–C) groups is 1. The molecule has 0 atom stereocenters. The lowest BCUT2D eigenvalue weighted by Crippen LogP contribution is -2.27. The summed E-state index contributed by atoms with van der Waals surface area (Å²) in [7, 11) is 0. The Bertz CT molecular complexity index is 754. The molecule has 0 saturated carbocycles. The molecule has 0 N–H and O–H groups in total. The summed E-state index contributed by atoms with van der Waals surface area (Å²) >= 11 is 0. The van der Waals surface area contributed by atoms with Crippen LogP contribution in [0.1, 0.15) is 26.2 Å². The van der Waals surface area contributed by atoms with Crippen molar-refractivity contribution in [3.05, 3.63) is 70.4 Å². The summed E-state index contributed by atoms with van der Waals surface area (Å²) in [6.45, 7) is 2.07. The summed E-state index contributed by atoms with van der Waals surface area (Å²) in [4.78, 5) is 18.9. The number of hydrogen-bond donors (Lipinski definition) is 0. The molecule has 4 aliphatic rings. The number of carbonyl (C=O) groups is 1. The average Bonchev–Trinajstić information content (AvgIpc) is 2.80. The largest absolute Gasteiger partial charge is 0.311 e. The second kappa shape index (κ2) is 4.55. The highest BCUT2D eigenvalue weighted by Crippen LogP contribution is 2.39. The molecule has 0 aromatic rings. The second-order valence-electron chi connectivity index (χ2n) is 5.63. The Kier molecular flexibility index (Phi) is 2.67. The monoisotopic (exact) mass is 276 g/mol. The fourth-order valence-electron chi connectivity index (χ4n) is 3.29. The van der Waals surface area contributed by atoms with Crippen LogP contribution in [-0.4, -0.2) is 16.9 Å². The lowest BCUT2D eigenvalue weighted by Gasteiger charge is -2.30. The van der Waals surface area contributed by atoms with Crippen molar-refractivity contribution >= 4 is 12.0 Å². The van der Waals surface area contributed by atoms with E-state index in [0.29, 0.717) is 6.42 Å². The molecule has 0 aromatic carbocycles.